The third kappa shape index (κ3) is 7.27. The van der Waals surface area contributed by atoms with Crippen LogP contribution in [0.25, 0.3) is 0 Å². The number of aliphatic imine (C=N–C) groups is 1. The maximum Gasteiger partial charge on any atom is 0.193 e. The first-order valence-corrected chi connectivity index (χ1v) is 9.30. The molecule has 0 aromatic heterocycles. The van der Waals surface area contributed by atoms with E-state index >= 15 is 0 Å². The molecule has 136 valence electrons. The van der Waals surface area contributed by atoms with Crippen molar-refractivity contribution in [3.8, 4) is 0 Å². The first kappa shape index (κ1) is 21.7. The number of ether oxygens (including phenoxy) is 1. The molecule has 1 saturated heterocycles. The Morgan fingerprint density at radius 2 is 2.29 bits per heavy atom. The Morgan fingerprint density at radius 3 is 3.00 bits per heavy atom. The van der Waals surface area contributed by atoms with E-state index in [1.54, 1.807) is 0 Å². The number of halogens is 2. The number of hydrogen-bond donors (Lipinski definition) is 1. The average Bonchev–Trinajstić information content (AvgIpc) is 3.02. The van der Waals surface area contributed by atoms with Crippen molar-refractivity contribution < 1.29 is 4.74 Å². The molecule has 1 fully saturated rings. The number of guanidine groups is 1. The van der Waals surface area contributed by atoms with Gasteiger partial charge in [0.2, 0.25) is 0 Å². The van der Waals surface area contributed by atoms with Gasteiger partial charge in [-0.25, -0.2) is 0 Å². The number of likely N-dealkylation sites (tertiary alicyclic amines) is 1. The number of benzene rings is 1. The molecule has 0 spiro atoms. The van der Waals surface area contributed by atoms with Crippen LogP contribution in [0.2, 0.25) is 0 Å². The van der Waals surface area contributed by atoms with Crippen LogP contribution in [0.5, 0.6) is 0 Å². The lowest BCUT2D eigenvalue weighted by atomic mass is 10.1. The summed E-state index contributed by atoms with van der Waals surface area (Å²) in [7, 11) is 1.87. The maximum absolute atomic E-state index is 5.55. The molecule has 0 aliphatic carbocycles. The number of nitrogens with one attached hydrogen (secondary N) is 1. The van der Waals surface area contributed by atoms with Gasteiger partial charge in [0.25, 0.3) is 0 Å². The molecular weight excluding hydrogens is 481 g/mol. The first-order valence-electron chi connectivity index (χ1n) is 8.50. The maximum atomic E-state index is 5.55. The molecule has 1 aromatic rings. The molecule has 1 N–H and O–H groups in total. The van der Waals surface area contributed by atoms with Gasteiger partial charge in [0.1, 0.15) is 0 Å². The number of aryl methyl sites for hydroxylation is 1. The summed E-state index contributed by atoms with van der Waals surface area (Å²) in [5, 5.41) is 3.50. The Balaban J connectivity index is 0.00000288. The molecule has 0 bridgehead atoms. The van der Waals surface area contributed by atoms with Gasteiger partial charge in [-0.05, 0) is 43.9 Å². The fraction of sp³-hybridized carbons (Fsp3) is 0.611. The average molecular weight is 510 g/mol. The predicted molar refractivity (Wildman–Crippen MR) is 115 cm³/mol. The molecule has 1 aliphatic rings. The van der Waals surface area contributed by atoms with Gasteiger partial charge in [0.05, 0.1) is 6.61 Å². The van der Waals surface area contributed by atoms with Crippen LogP contribution >= 0.6 is 39.9 Å². The third-order valence-electron chi connectivity index (χ3n) is 4.17. The van der Waals surface area contributed by atoms with Gasteiger partial charge >= 0.3 is 0 Å². The van der Waals surface area contributed by atoms with Crippen molar-refractivity contribution in [1.82, 2.24) is 10.2 Å². The van der Waals surface area contributed by atoms with E-state index in [2.05, 4.69) is 62.3 Å². The quantitative estimate of drug-likeness (QED) is 0.262. The van der Waals surface area contributed by atoms with E-state index in [1.807, 2.05) is 7.05 Å². The van der Waals surface area contributed by atoms with E-state index in [0.29, 0.717) is 5.92 Å². The molecule has 1 aromatic carbocycles. The normalized spacial score (nSPS) is 17.7. The first-order chi connectivity index (χ1) is 11.2. The van der Waals surface area contributed by atoms with Crippen LogP contribution in [0, 0.1) is 5.92 Å². The van der Waals surface area contributed by atoms with Crippen molar-refractivity contribution in [3.63, 3.8) is 0 Å². The second kappa shape index (κ2) is 12.1. The van der Waals surface area contributed by atoms with Crippen LogP contribution in [0.15, 0.2) is 33.7 Å². The molecule has 24 heavy (non-hydrogen) atoms. The Bertz CT molecular complexity index is 513. The van der Waals surface area contributed by atoms with Crippen LogP contribution in [-0.2, 0) is 11.2 Å². The van der Waals surface area contributed by atoms with Gasteiger partial charge in [-0.15, -0.1) is 24.0 Å². The summed E-state index contributed by atoms with van der Waals surface area (Å²) in [6.07, 6.45) is 3.38. The zero-order valence-electron chi connectivity index (χ0n) is 14.6. The van der Waals surface area contributed by atoms with E-state index in [1.165, 1.54) is 12.0 Å². The van der Waals surface area contributed by atoms with Crippen LogP contribution in [0.4, 0.5) is 0 Å². The Morgan fingerprint density at radius 1 is 1.46 bits per heavy atom. The summed E-state index contributed by atoms with van der Waals surface area (Å²) < 4.78 is 6.69. The molecule has 4 nitrogen and oxygen atoms in total. The molecule has 1 heterocycles. The molecule has 0 radical (unpaired) electrons. The minimum Gasteiger partial charge on any atom is -0.381 e. The minimum atomic E-state index is 0. The van der Waals surface area contributed by atoms with Crippen molar-refractivity contribution in [1.29, 1.82) is 0 Å². The van der Waals surface area contributed by atoms with Gasteiger partial charge in [-0.1, -0.05) is 28.1 Å². The molecule has 0 amide bonds. The van der Waals surface area contributed by atoms with Crippen LogP contribution < -0.4 is 5.32 Å². The zero-order chi connectivity index (χ0) is 16.5. The summed E-state index contributed by atoms with van der Waals surface area (Å²) in [6, 6.07) is 8.52. The van der Waals surface area contributed by atoms with Crippen molar-refractivity contribution >= 4 is 45.9 Å². The molecule has 1 unspecified atom stereocenters. The standard InChI is InChI=1S/C18H28BrN3O.HI/c1-3-23-14-16-9-11-22(13-16)18(20-2)21-10-5-7-15-6-4-8-17(19)12-15;/h4,6,8,12,16H,3,5,7,9-11,13-14H2,1-2H3,(H,20,21);1H. The predicted octanol–water partition coefficient (Wildman–Crippen LogP) is 3.93. The van der Waals surface area contributed by atoms with Gasteiger partial charge in [-0.3, -0.25) is 4.99 Å². The van der Waals surface area contributed by atoms with Crippen molar-refractivity contribution in [2.75, 3.05) is 39.9 Å². The van der Waals surface area contributed by atoms with Crippen LogP contribution in [-0.4, -0.2) is 50.8 Å². The fourth-order valence-electron chi connectivity index (χ4n) is 2.96. The SMILES string of the molecule is CCOCC1CCN(C(=NC)NCCCc2cccc(Br)c2)C1.I. The molecule has 0 saturated carbocycles. The summed E-state index contributed by atoms with van der Waals surface area (Å²) in [6.45, 7) is 6.80. The highest BCUT2D eigenvalue weighted by Crippen LogP contribution is 2.16. The monoisotopic (exact) mass is 509 g/mol. The van der Waals surface area contributed by atoms with E-state index in [4.69, 9.17) is 4.74 Å². The summed E-state index contributed by atoms with van der Waals surface area (Å²) in [5.74, 6) is 1.66. The molecular formula is C18H29BrIN3O. The number of rotatable bonds is 7. The smallest absolute Gasteiger partial charge is 0.193 e. The second-order valence-corrected chi connectivity index (χ2v) is 6.88. The topological polar surface area (TPSA) is 36.9 Å². The largest absolute Gasteiger partial charge is 0.381 e. The Hall–Kier alpha value is -0.340. The molecule has 1 atom stereocenters. The Kier molecular flexibility index (Phi) is 10.9. The fourth-order valence-corrected chi connectivity index (χ4v) is 3.41. The van der Waals surface area contributed by atoms with Crippen LogP contribution in [0.1, 0.15) is 25.3 Å². The van der Waals surface area contributed by atoms with Crippen molar-refractivity contribution in [3.05, 3.63) is 34.3 Å². The molecule has 2 rings (SSSR count). The summed E-state index contributed by atoms with van der Waals surface area (Å²) in [4.78, 5) is 6.78. The number of hydrogen-bond acceptors (Lipinski definition) is 2. The third-order valence-corrected chi connectivity index (χ3v) is 4.66. The van der Waals surface area contributed by atoms with Gasteiger partial charge in [0, 0.05) is 43.7 Å². The highest BCUT2D eigenvalue weighted by atomic mass is 127. The van der Waals surface area contributed by atoms with E-state index in [-0.39, 0.29) is 24.0 Å². The zero-order valence-corrected chi connectivity index (χ0v) is 18.5. The van der Waals surface area contributed by atoms with Gasteiger partial charge in [-0.2, -0.15) is 0 Å². The van der Waals surface area contributed by atoms with Crippen molar-refractivity contribution in [2.45, 2.75) is 26.2 Å². The Labute approximate surface area is 171 Å². The van der Waals surface area contributed by atoms with Crippen LogP contribution in [0.3, 0.4) is 0 Å². The van der Waals surface area contributed by atoms with E-state index in [9.17, 15) is 0 Å². The van der Waals surface area contributed by atoms with Crippen molar-refractivity contribution in [2.24, 2.45) is 10.9 Å². The summed E-state index contributed by atoms with van der Waals surface area (Å²) >= 11 is 3.52. The number of nitrogens with zero attached hydrogens (tertiary/aromatic N) is 2. The van der Waals surface area contributed by atoms with Gasteiger partial charge < -0.3 is 15.0 Å². The highest BCUT2D eigenvalue weighted by molar-refractivity contribution is 14.0. The highest BCUT2D eigenvalue weighted by Gasteiger charge is 2.24. The lowest BCUT2D eigenvalue weighted by Crippen LogP contribution is -2.40. The summed E-state index contributed by atoms with van der Waals surface area (Å²) in [5.41, 5.74) is 1.37. The van der Waals surface area contributed by atoms with Gasteiger partial charge in [0.15, 0.2) is 5.96 Å². The lowest BCUT2D eigenvalue weighted by Gasteiger charge is -2.21. The lowest BCUT2D eigenvalue weighted by molar-refractivity contribution is 0.114. The second-order valence-electron chi connectivity index (χ2n) is 5.97. The molecule has 1 aliphatic heterocycles. The van der Waals surface area contributed by atoms with E-state index < -0.39 is 0 Å². The van der Waals surface area contributed by atoms with E-state index in [0.717, 1.165) is 56.1 Å². The minimum absolute atomic E-state index is 0. The molecule has 6 heteroatoms.